The molecule has 0 saturated heterocycles. The van der Waals surface area contributed by atoms with Crippen molar-refractivity contribution in [3.63, 3.8) is 0 Å². The number of carbonyl (C=O) groups is 1. The maximum Gasteiger partial charge on any atom is 0.158 e. The van der Waals surface area contributed by atoms with Crippen molar-refractivity contribution in [2.45, 2.75) is 12.5 Å². The number of Topliss-reactive ketones (excluding diaryl/α,β-unsaturated/α-hetero) is 1. The lowest BCUT2D eigenvalue weighted by molar-refractivity contribution is -0.119. The fraction of sp³-hybridized carbons (Fsp3) is 0.133. The number of ketones is 1. The molecule has 0 spiro atoms. The Morgan fingerprint density at radius 2 is 1.67 bits per heavy atom. The van der Waals surface area contributed by atoms with Crippen LogP contribution in [0.25, 0.3) is 0 Å². The molecular formula is C15H14FNO. The third-order valence-electron chi connectivity index (χ3n) is 2.80. The van der Waals surface area contributed by atoms with Crippen molar-refractivity contribution in [2.75, 3.05) is 0 Å². The van der Waals surface area contributed by atoms with Crippen LogP contribution in [0.1, 0.15) is 17.2 Å². The summed E-state index contributed by atoms with van der Waals surface area (Å²) in [6.07, 6.45) is 0.219. The van der Waals surface area contributed by atoms with Gasteiger partial charge < -0.3 is 5.73 Å². The second kappa shape index (κ2) is 5.56. The molecule has 0 heterocycles. The fourth-order valence-electron chi connectivity index (χ4n) is 1.76. The Labute approximate surface area is 105 Å². The van der Waals surface area contributed by atoms with E-state index in [2.05, 4.69) is 0 Å². The molecule has 2 rings (SSSR count). The van der Waals surface area contributed by atoms with Gasteiger partial charge in [-0.1, -0.05) is 42.5 Å². The van der Waals surface area contributed by atoms with Crippen LogP contribution in [0, 0.1) is 5.82 Å². The zero-order valence-corrected chi connectivity index (χ0v) is 9.84. The van der Waals surface area contributed by atoms with Gasteiger partial charge in [0.15, 0.2) is 5.78 Å². The van der Waals surface area contributed by atoms with Crippen LogP contribution in [0.4, 0.5) is 4.39 Å². The van der Waals surface area contributed by atoms with Crippen molar-refractivity contribution >= 4 is 5.78 Å². The first-order valence-electron chi connectivity index (χ1n) is 5.74. The minimum Gasteiger partial charge on any atom is -0.318 e. The average molecular weight is 243 g/mol. The van der Waals surface area contributed by atoms with Gasteiger partial charge in [-0.2, -0.15) is 0 Å². The molecule has 2 nitrogen and oxygen atoms in total. The zero-order chi connectivity index (χ0) is 13.0. The van der Waals surface area contributed by atoms with Crippen LogP contribution < -0.4 is 5.73 Å². The molecule has 0 aromatic heterocycles. The van der Waals surface area contributed by atoms with E-state index in [4.69, 9.17) is 5.73 Å². The Kier molecular flexibility index (Phi) is 3.85. The Morgan fingerprint density at radius 3 is 2.28 bits per heavy atom. The lowest BCUT2D eigenvalue weighted by Gasteiger charge is -2.10. The van der Waals surface area contributed by atoms with Crippen molar-refractivity contribution in [3.05, 3.63) is 71.5 Å². The Morgan fingerprint density at radius 1 is 1.06 bits per heavy atom. The molecule has 18 heavy (non-hydrogen) atoms. The minimum atomic E-state index is -0.628. The lowest BCUT2D eigenvalue weighted by atomic mass is 9.98. The number of nitrogens with two attached hydrogens (primary N) is 1. The SMILES string of the molecule is NC(C(=O)Cc1ccc(F)cc1)c1ccccc1. The van der Waals surface area contributed by atoms with E-state index in [0.29, 0.717) is 0 Å². The zero-order valence-electron chi connectivity index (χ0n) is 9.84. The second-order valence-electron chi connectivity index (χ2n) is 4.16. The first-order valence-corrected chi connectivity index (χ1v) is 5.74. The van der Waals surface area contributed by atoms with E-state index in [1.165, 1.54) is 12.1 Å². The molecule has 0 bridgehead atoms. The summed E-state index contributed by atoms with van der Waals surface area (Å²) in [6, 6.07) is 14.5. The normalized spacial score (nSPS) is 12.1. The fourth-order valence-corrected chi connectivity index (χ4v) is 1.76. The highest BCUT2D eigenvalue weighted by molar-refractivity contribution is 5.87. The molecule has 1 atom stereocenters. The third-order valence-corrected chi connectivity index (χ3v) is 2.80. The molecule has 92 valence electrons. The second-order valence-corrected chi connectivity index (χ2v) is 4.16. The molecular weight excluding hydrogens is 229 g/mol. The monoisotopic (exact) mass is 243 g/mol. The lowest BCUT2D eigenvalue weighted by Crippen LogP contribution is -2.23. The molecule has 2 aromatic rings. The number of benzene rings is 2. The quantitative estimate of drug-likeness (QED) is 0.897. The van der Waals surface area contributed by atoms with Gasteiger partial charge in [0.2, 0.25) is 0 Å². The molecule has 3 heteroatoms. The first-order chi connectivity index (χ1) is 8.66. The van der Waals surface area contributed by atoms with E-state index in [0.717, 1.165) is 11.1 Å². The summed E-state index contributed by atoms with van der Waals surface area (Å²) in [6.45, 7) is 0. The highest BCUT2D eigenvalue weighted by atomic mass is 19.1. The molecule has 2 aromatic carbocycles. The smallest absolute Gasteiger partial charge is 0.158 e. The van der Waals surface area contributed by atoms with Gasteiger partial charge in [-0.05, 0) is 23.3 Å². The molecule has 0 fully saturated rings. The van der Waals surface area contributed by atoms with Crippen molar-refractivity contribution in [3.8, 4) is 0 Å². The summed E-state index contributed by atoms with van der Waals surface area (Å²) in [4.78, 5) is 12.0. The summed E-state index contributed by atoms with van der Waals surface area (Å²) < 4.78 is 12.7. The van der Waals surface area contributed by atoms with Crippen LogP contribution in [0.2, 0.25) is 0 Å². The van der Waals surface area contributed by atoms with Crippen LogP contribution in [0.5, 0.6) is 0 Å². The standard InChI is InChI=1S/C15H14FNO/c16-13-8-6-11(7-9-13)10-14(18)15(17)12-4-2-1-3-5-12/h1-9,15H,10,17H2. The van der Waals surface area contributed by atoms with Gasteiger partial charge in [0.25, 0.3) is 0 Å². The van der Waals surface area contributed by atoms with Gasteiger partial charge in [0.05, 0.1) is 6.04 Å². The largest absolute Gasteiger partial charge is 0.318 e. The highest BCUT2D eigenvalue weighted by Crippen LogP contribution is 2.13. The van der Waals surface area contributed by atoms with E-state index < -0.39 is 6.04 Å². The van der Waals surface area contributed by atoms with Crippen molar-refractivity contribution < 1.29 is 9.18 Å². The highest BCUT2D eigenvalue weighted by Gasteiger charge is 2.15. The van der Waals surface area contributed by atoms with E-state index >= 15 is 0 Å². The van der Waals surface area contributed by atoms with E-state index in [1.54, 1.807) is 12.1 Å². The maximum absolute atomic E-state index is 12.7. The Bertz CT molecular complexity index is 522. The van der Waals surface area contributed by atoms with E-state index in [9.17, 15) is 9.18 Å². The molecule has 0 aliphatic heterocycles. The van der Waals surface area contributed by atoms with Crippen LogP contribution in [0.15, 0.2) is 54.6 Å². The number of carbonyl (C=O) groups excluding carboxylic acids is 1. The number of halogens is 1. The first kappa shape index (κ1) is 12.5. The van der Waals surface area contributed by atoms with Gasteiger partial charge in [-0.3, -0.25) is 4.79 Å². The number of hydrogen-bond donors (Lipinski definition) is 1. The summed E-state index contributed by atoms with van der Waals surface area (Å²) in [7, 11) is 0. The van der Waals surface area contributed by atoms with Gasteiger partial charge in [0.1, 0.15) is 5.82 Å². The number of rotatable bonds is 4. The number of hydrogen-bond acceptors (Lipinski definition) is 2. The molecule has 0 saturated carbocycles. The van der Waals surface area contributed by atoms with Crippen molar-refractivity contribution in [2.24, 2.45) is 5.73 Å². The van der Waals surface area contributed by atoms with Gasteiger partial charge in [0, 0.05) is 6.42 Å². The maximum atomic E-state index is 12.7. The van der Waals surface area contributed by atoms with E-state index in [-0.39, 0.29) is 18.0 Å². The van der Waals surface area contributed by atoms with E-state index in [1.807, 2.05) is 30.3 Å². The summed E-state index contributed by atoms with van der Waals surface area (Å²) in [5, 5.41) is 0. The molecule has 1 unspecified atom stereocenters. The summed E-state index contributed by atoms with van der Waals surface area (Å²) in [5.74, 6) is -0.383. The predicted octanol–water partition coefficient (Wildman–Crippen LogP) is 2.64. The third kappa shape index (κ3) is 3.02. The molecule has 0 aliphatic carbocycles. The van der Waals surface area contributed by atoms with Crippen LogP contribution in [-0.2, 0) is 11.2 Å². The van der Waals surface area contributed by atoms with Crippen LogP contribution >= 0.6 is 0 Å². The molecule has 0 amide bonds. The molecule has 2 N–H and O–H groups in total. The van der Waals surface area contributed by atoms with Crippen LogP contribution in [0.3, 0.4) is 0 Å². The van der Waals surface area contributed by atoms with Crippen molar-refractivity contribution in [1.82, 2.24) is 0 Å². The minimum absolute atomic E-state index is 0.0761. The van der Waals surface area contributed by atoms with Gasteiger partial charge >= 0.3 is 0 Å². The van der Waals surface area contributed by atoms with Crippen LogP contribution in [-0.4, -0.2) is 5.78 Å². The summed E-state index contributed by atoms with van der Waals surface area (Å²) >= 11 is 0. The average Bonchev–Trinajstić information content (AvgIpc) is 2.41. The molecule has 0 radical (unpaired) electrons. The van der Waals surface area contributed by atoms with Crippen molar-refractivity contribution in [1.29, 1.82) is 0 Å². The molecule has 0 aliphatic rings. The van der Waals surface area contributed by atoms with Gasteiger partial charge in [-0.25, -0.2) is 4.39 Å². The Balaban J connectivity index is 2.06. The predicted molar refractivity (Wildman–Crippen MR) is 68.5 cm³/mol. The van der Waals surface area contributed by atoms with Gasteiger partial charge in [-0.15, -0.1) is 0 Å². The summed E-state index contributed by atoms with van der Waals surface area (Å²) in [5.41, 5.74) is 7.46. The topological polar surface area (TPSA) is 43.1 Å². The Hall–Kier alpha value is -2.00.